The Balaban J connectivity index is 1.19. The van der Waals surface area contributed by atoms with Crippen LogP contribution in [0.25, 0.3) is 99.1 Å². The summed E-state index contributed by atoms with van der Waals surface area (Å²) in [4.78, 5) is 0. The minimum absolute atomic E-state index is 0.0278. The number of aromatic nitrogens is 2. The largest absolute Gasteiger partial charge is 0.310 e. The highest BCUT2D eigenvalue weighted by Gasteiger charge is 2.54. The molecule has 0 fully saturated rings. The molecular formula is C59H33BN2. The Bertz CT molecular complexity index is 4010. The van der Waals surface area contributed by atoms with Crippen molar-refractivity contribution in [2.24, 2.45) is 0 Å². The van der Waals surface area contributed by atoms with E-state index in [9.17, 15) is 0 Å². The molecule has 282 valence electrons. The quantitative estimate of drug-likeness (QED) is 0.155. The van der Waals surface area contributed by atoms with Crippen LogP contribution in [0, 0.1) is 0 Å². The van der Waals surface area contributed by atoms with Crippen molar-refractivity contribution in [1.82, 2.24) is 9.13 Å². The van der Waals surface area contributed by atoms with Gasteiger partial charge in [-0.2, -0.15) is 0 Å². The van der Waals surface area contributed by atoms with E-state index >= 15 is 0 Å². The minimum atomic E-state index is -0.553. The van der Waals surface area contributed by atoms with E-state index in [4.69, 9.17) is 0 Å². The highest BCUT2D eigenvalue weighted by Crippen LogP contribution is 2.62. The molecule has 5 heterocycles. The monoisotopic (exact) mass is 780 g/mol. The summed E-state index contributed by atoms with van der Waals surface area (Å²) in [7, 11) is 0. The molecule has 3 heteroatoms. The standard InChI is InChI=1S/C59H33BN2/c1-2-15-34(16-3-1)35-31-32-38(37-18-5-4-17-36(35)37)45-33-49-58-53-57(45)61-52-30-11-8-21-41(52)42-23-13-28-50(55(42)61)60(53)51-29-14-24-44-43-22-12-27-48(54(43)62(58)56(44)51)59(49)46-25-9-6-19-39(46)40-20-7-10-26-47(40)59/h1-33H. The minimum Gasteiger partial charge on any atom is -0.310 e. The summed E-state index contributed by atoms with van der Waals surface area (Å²) in [5.41, 5.74) is 24.7. The summed E-state index contributed by atoms with van der Waals surface area (Å²) in [6, 6.07) is 76.4. The lowest BCUT2D eigenvalue weighted by Crippen LogP contribution is -2.60. The van der Waals surface area contributed by atoms with Crippen LogP contribution in [-0.4, -0.2) is 15.8 Å². The SMILES string of the molecule is c1ccc(-c2ccc(-c3cc4c5c6c3-n3c7ccccc7c7cccc(c73)B6c3cccc6c7cccc(c7n-5c36)C43c4ccccc4-c4ccccc43)c3ccccc23)cc1. The molecule has 0 N–H and O–H groups in total. The molecule has 12 aromatic rings. The van der Waals surface area contributed by atoms with Crippen molar-refractivity contribution in [1.29, 1.82) is 0 Å². The molecule has 62 heavy (non-hydrogen) atoms. The molecule has 2 aromatic heterocycles. The van der Waals surface area contributed by atoms with Crippen molar-refractivity contribution in [3.63, 3.8) is 0 Å². The fraction of sp³-hybridized carbons (Fsp3) is 0.0169. The van der Waals surface area contributed by atoms with Crippen LogP contribution >= 0.6 is 0 Å². The third-order valence-electron chi connectivity index (χ3n) is 15.3. The first-order valence-corrected chi connectivity index (χ1v) is 21.9. The Morgan fingerprint density at radius 1 is 0.323 bits per heavy atom. The van der Waals surface area contributed by atoms with Gasteiger partial charge in [-0.25, -0.2) is 0 Å². The van der Waals surface area contributed by atoms with E-state index in [0.717, 1.165) is 0 Å². The predicted molar refractivity (Wildman–Crippen MR) is 259 cm³/mol. The van der Waals surface area contributed by atoms with Gasteiger partial charge in [0.1, 0.15) is 0 Å². The summed E-state index contributed by atoms with van der Waals surface area (Å²) in [6.45, 7) is 0.0278. The zero-order chi connectivity index (χ0) is 40.0. The van der Waals surface area contributed by atoms with Gasteiger partial charge in [0.05, 0.1) is 22.1 Å². The van der Waals surface area contributed by atoms with Gasteiger partial charge in [0.25, 0.3) is 6.71 Å². The van der Waals surface area contributed by atoms with Gasteiger partial charge in [0, 0.05) is 43.8 Å². The summed E-state index contributed by atoms with van der Waals surface area (Å²) in [5.74, 6) is 0. The van der Waals surface area contributed by atoms with Crippen molar-refractivity contribution in [2.45, 2.75) is 5.41 Å². The van der Waals surface area contributed by atoms with Gasteiger partial charge in [0.2, 0.25) is 0 Å². The van der Waals surface area contributed by atoms with E-state index < -0.39 is 5.41 Å². The number of fused-ring (bicyclic) bond motifs is 15. The molecular weight excluding hydrogens is 747 g/mol. The van der Waals surface area contributed by atoms with Crippen molar-refractivity contribution in [3.05, 3.63) is 222 Å². The van der Waals surface area contributed by atoms with Crippen molar-refractivity contribution < 1.29 is 0 Å². The van der Waals surface area contributed by atoms with Crippen LogP contribution in [0.1, 0.15) is 22.3 Å². The van der Waals surface area contributed by atoms with Crippen molar-refractivity contribution in [3.8, 4) is 44.8 Å². The third kappa shape index (κ3) is 3.44. The Morgan fingerprint density at radius 3 is 1.60 bits per heavy atom. The predicted octanol–water partition coefficient (Wildman–Crippen LogP) is 12.2. The molecule has 0 amide bonds. The summed E-state index contributed by atoms with van der Waals surface area (Å²) >= 11 is 0. The first-order valence-electron chi connectivity index (χ1n) is 21.9. The smallest absolute Gasteiger partial charge is 0.252 e. The second-order valence-corrected chi connectivity index (χ2v) is 17.8. The number of rotatable bonds is 2. The molecule has 3 aliphatic heterocycles. The number of benzene rings is 10. The van der Waals surface area contributed by atoms with Crippen molar-refractivity contribution in [2.75, 3.05) is 0 Å². The molecule has 0 bridgehead atoms. The van der Waals surface area contributed by atoms with E-state index in [2.05, 4.69) is 209 Å². The van der Waals surface area contributed by atoms with Gasteiger partial charge in [-0.05, 0) is 89.4 Å². The van der Waals surface area contributed by atoms with Crippen LogP contribution in [0.3, 0.4) is 0 Å². The summed E-state index contributed by atoms with van der Waals surface area (Å²) in [6.07, 6.45) is 0. The molecule has 16 rings (SSSR count). The molecule has 10 aromatic carbocycles. The average Bonchev–Trinajstić information content (AvgIpc) is 3.97. The maximum absolute atomic E-state index is 2.71. The van der Waals surface area contributed by atoms with Crippen LogP contribution < -0.4 is 16.4 Å². The van der Waals surface area contributed by atoms with Gasteiger partial charge >= 0.3 is 0 Å². The van der Waals surface area contributed by atoms with E-state index in [1.54, 1.807) is 0 Å². The lowest BCUT2D eigenvalue weighted by Gasteiger charge is -2.44. The normalized spacial score (nSPS) is 14.2. The highest BCUT2D eigenvalue weighted by molar-refractivity contribution is 7.00. The van der Waals surface area contributed by atoms with Crippen LogP contribution in [0.2, 0.25) is 0 Å². The maximum atomic E-state index is 2.71. The van der Waals surface area contributed by atoms with Crippen LogP contribution in [0.15, 0.2) is 200 Å². The second kappa shape index (κ2) is 10.9. The number of hydrogen-bond acceptors (Lipinski definition) is 0. The third-order valence-corrected chi connectivity index (χ3v) is 15.3. The molecule has 2 nitrogen and oxygen atoms in total. The van der Waals surface area contributed by atoms with Crippen LogP contribution in [-0.2, 0) is 5.41 Å². The topological polar surface area (TPSA) is 9.86 Å². The van der Waals surface area contributed by atoms with Crippen molar-refractivity contribution >= 4 is 77.5 Å². The Morgan fingerprint density at radius 2 is 0.855 bits per heavy atom. The van der Waals surface area contributed by atoms with E-state index in [0.29, 0.717) is 0 Å². The van der Waals surface area contributed by atoms with Gasteiger partial charge in [0.15, 0.2) is 0 Å². The van der Waals surface area contributed by atoms with Gasteiger partial charge < -0.3 is 9.13 Å². The van der Waals surface area contributed by atoms with Gasteiger partial charge in [-0.3, -0.25) is 0 Å². The molecule has 1 aliphatic carbocycles. The fourth-order valence-corrected chi connectivity index (χ4v) is 13.2. The van der Waals surface area contributed by atoms with Gasteiger partial charge in [-0.1, -0.05) is 188 Å². The zero-order valence-electron chi connectivity index (χ0n) is 33.5. The molecule has 0 radical (unpaired) electrons. The fourth-order valence-electron chi connectivity index (χ4n) is 13.2. The second-order valence-electron chi connectivity index (χ2n) is 17.8. The zero-order valence-corrected chi connectivity index (χ0v) is 33.5. The van der Waals surface area contributed by atoms with Gasteiger partial charge in [-0.15, -0.1) is 0 Å². The first-order chi connectivity index (χ1) is 30.8. The lowest BCUT2D eigenvalue weighted by molar-refractivity contribution is 0.749. The molecule has 4 aliphatic rings. The Labute approximate surface area is 357 Å². The molecule has 1 spiro atoms. The maximum Gasteiger partial charge on any atom is 0.252 e. The summed E-state index contributed by atoms with van der Waals surface area (Å²) < 4.78 is 5.38. The number of para-hydroxylation sites is 4. The number of hydrogen-bond donors (Lipinski definition) is 0. The summed E-state index contributed by atoms with van der Waals surface area (Å²) in [5, 5.41) is 7.80. The van der Waals surface area contributed by atoms with Crippen LogP contribution in [0.4, 0.5) is 0 Å². The Kier molecular flexibility index (Phi) is 5.62. The number of nitrogens with zero attached hydrogens (tertiary/aromatic N) is 2. The Hall–Kier alpha value is -7.88. The molecule has 0 saturated heterocycles. The van der Waals surface area contributed by atoms with Crippen LogP contribution in [0.5, 0.6) is 0 Å². The lowest BCUT2D eigenvalue weighted by atomic mass is 9.33. The average molecular weight is 781 g/mol. The highest BCUT2D eigenvalue weighted by atomic mass is 15.1. The van der Waals surface area contributed by atoms with E-state index in [1.165, 1.54) is 138 Å². The van der Waals surface area contributed by atoms with E-state index in [1.807, 2.05) is 0 Å². The molecule has 0 saturated carbocycles. The van der Waals surface area contributed by atoms with E-state index in [-0.39, 0.29) is 6.71 Å². The molecule has 0 unspecified atom stereocenters. The molecule has 0 atom stereocenters. The first kappa shape index (κ1) is 32.0.